The molecule has 0 radical (unpaired) electrons. The predicted octanol–water partition coefficient (Wildman–Crippen LogP) is 4.03. The monoisotopic (exact) mass is 239 g/mol. The van der Waals surface area contributed by atoms with E-state index in [4.69, 9.17) is 4.84 Å². The van der Waals surface area contributed by atoms with E-state index in [1.54, 1.807) is 7.11 Å². The summed E-state index contributed by atoms with van der Waals surface area (Å²) in [5.41, 5.74) is 5.59. The molecule has 0 amide bonds. The second kappa shape index (κ2) is 5.50. The summed E-state index contributed by atoms with van der Waals surface area (Å²) in [5, 5.41) is 4.04. The molecule has 18 heavy (non-hydrogen) atoms. The second-order valence-corrected chi connectivity index (χ2v) is 4.27. The van der Waals surface area contributed by atoms with E-state index in [2.05, 4.69) is 42.4 Å². The van der Waals surface area contributed by atoms with Gasteiger partial charge in [-0.3, -0.25) is 0 Å². The molecule has 2 aromatic rings. The number of oxime groups is 1. The summed E-state index contributed by atoms with van der Waals surface area (Å²) in [4.78, 5) is 4.88. The Morgan fingerprint density at radius 3 is 2.44 bits per heavy atom. The Balaban J connectivity index is 2.58. The highest BCUT2D eigenvalue weighted by Gasteiger charge is 2.08. The summed E-state index contributed by atoms with van der Waals surface area (Å²) in [6.45, 7) is 4.04. The van der Waals surface area contributed by atoms with Gasteiger partial charge in [0.25, 0.3) is 0 Å². The molecule has 0 unspecified atom stereocenters. The van der Waals surface area contributed by atoms with Crippen molar-refractivity contribution >= 4 is 5.71 Å². The molecule has 0 saturated carbocycles. The lowest BCUT2D eigenvalue weighted by molar-refractivity contribution is 0.213. The van der Waals surface area contributed by atoms with Gasteiger partial charge >= 0.3 is 0 Å². The highest BCUT2D eigenvalue weighted by atomic mass is 16.6. The molecule has 92 valence electrons. The van der Waals surface area contributed by atoms with Gasteiger partial charge in [0.2, 0.25) is 0 Å². The standard InChI is InChI=1S/C16H17NO/c1-12-9-10-15(14-7-5-4-6-8-14)16(11-12)13(2)17-18-3/h4-11H,1-3H3/b17-13+. The van der Waals surface area contributed by atoms with E-state index in [-0.39, 0.29) is 0 Å². The molecule has 0 heterocycles. The SMILES string of the molecule is CO/N=C(\C)c1cc(C)ccc1-c1ccccc1. The minimum Gasteiger partial charge on any atom is -0.399 e. The van der Waals surface area contributed by atoms with Gasteiger partial charge in [0.05, 0.1) is 5.71 Å². The summed E-state index contributed by atoms with van der Waals surface area (Å²) in [6.07, 6.45) is 0. The maximum atomic E-state index is 4.88. The summed E-state index contributed by atoms with van der Waals surface area (Å²) < 4.78 is 0. The Hall–Kier alpha value is -2.09. The largest absolute Gasteiger partial charge is 0.399 e. The van der Waals surface area contributed by atoms with Gasteiger partial charge in [-0.2, -0.15) is 0 Å². The van der Waals surface area contributed by atoms with E-state index >= 15 is 0 Å². The molecular formula is C16H17NO. The van der Waals surface area contributed by atoms with Crippen molar-refractivity contribution < 1.29 is 4.84 Å². The normalized spacial score (nSPS) is 11.4. The van der Waals surface area contributed by atoms with Crippen molar-refractivity contribution in [1.82, 2.24) is 0 Å². The summed E-state index contributed by atoms with van der Waals surface area (Å²) in [6, 6.07) is 16.7. The van der Waals surface area contributed by atoms with Gasteiger partial charge in [-0.15, -0.1) is 0 Å². The molecule has 2 aromatic carbocycles. The van der Waals surface area contributed by atoms with Gasteiger partial charge in [0.1, 0.15) is 7.11 Å². The first kappa shape index (κ1) is 12.4. The maximum absolute atomic E-state index is 4.88. The molecular weight excluding hydrogens is 222 g/mol. The molecule has 2 nitrogen and oxygen atoms in total. The molecule has 0 aromatic heterocycles. The number of benzene rings is 2. The first-order chi connectivity index (χ1) is 8.72. The number of hydrogen-bond donors (Lipinski definition) is 0. The molecule has 2 heteroatoms. The Kier molecular flexibility index (Phi) is 3.78. The number of nitrogens with zero attached hydrogens (tertiary/aromatic N) is 1. The highest BCUT2D eigenvalue weighted by Crippen LogP contribution is 2.25. The van der Waals surface area contributed by atoms with Crippen molar-refractivity contribution in [2.45, 2.75) is 13.8 Å². The van der Waals surface area contributed by atoms with Crippen molar-refractivity contribution in [3.63, 3.8) is 0 Å². The van der Waals surface area contributed by atoms with Crippen LogP contribution in [-0.2, 0) is 4.84 Å². The predicted molar refractivity (Wildman–Crippen MR) is 75.8 cm³/mol. The lowest BCUT2D eigenvalue weighted by Gasteiger charge is -2.10. The van der Waals surface area contributed by atoms with Gasteiger partial charge in [0.15, 0.2) is 0 Å². The summed E-state index contributed by atoms with van der Waals surface area (Å²) in [5.74, 6) is 0. The van der Waals surface area contributed by atoms with Crippen molar-refractivity contribution in [1.29, 1.82) is 0 Å². The molecule has 0 N–H and O–H groups in total. The zero-order valence-electron chi connectivity index (χ0n) is 11.0. The zero-order valence-corrected chi connectivity index (χ0v) is 11.0. The average Bonchev–Trinajstić information content (AvgIpc) is 2.40. The zero-order chi connectivity index (χ0) is 13.0. The molecule has 2 rings (SSSR count). The van der Waals surface area contributed by atoms with Crippen molar-refractivity contribution in [3.8, 4) is 11.1 Å². The van der Waals surface area contributed by atoms with Crippen LogP contribution in [0.1, 0.15) is 18.1 Å². The van der Waals surface area contributed by atoms with Crippen LogP contribution in [0.4, 0.5) is 0 Å². The number of rotatable bonds is 3. The topological polar surface area (TPSA) is 21.6 Å². The van der Waals surface area contributed by atoms with E-state index in [0.29, 0.717) is 0 Å². The van der Waals surface area contributed by atoms with Crippen LogP contribution < -0.4 is 0 Å². The van der Waals surface area contributed by atoms with E-state index in [9.17, 15) is 0 Å². The van der Waals surface area contributed by atoms with Gasteiger partial charge in [0, 0.05) is 5.56 Å². The average molecular weight is 239 g/mol. The fraction of sp³-hybridized carbons (Fsp3) is 0.188. The van der Waals surface area contributed by atoms with Crippen LogP contribution in [0.3, 0.4) is 0 Å². The smallest absolute Gasteiger partial charge is 0.106 e. The lowest BCUT2D eigenvalue weighted by atomic mass is 9.95. The minimum atomic E-state index is 0.889. The molecule has 0 spiro atoms. The van der Waals surface area contributed by atoms with E-state index < -0.39 is 0 Å². The van der Waals surface area contributed by atoms with Crippen LogP contribution in [0.5, 0.6) is 0 Å². The van der Waals surface area contributed by atoms with Crippen LogP contribution in [0, 0.1) is 6.92 Å². The van der Waals surface area contributed by atoms with Gasteiger partial charge < -0.3 is 4.84 Å². The fourth-order valence-corrected chi connectivity index (χ4v) is 2.01. The molecule has 0 aliphatic rings. The van der Waals surface area contributed by atoms with Crippen LogP contribution in [-0.4, -0.2) is 12.8 Å². The highest BCUT2D eigenvalue weighted by molar-refractivity contribution is 6.04. The Labute approximate surface area is 108 Å². The quantitative estimate of drug-likeness (QED) is 0.585. The van der Waals surface area contributed by atoms with Gasteiger partial charge in [-0.05, 0) is 31.0 Å². The van der Waals surface area contributed by atoms with Crippen molar-refractivity contribution in [2.75, 3.05) is 7.11 Å². The van der Waals surface area contributed by atoms with Crippen molar-refractivity contribution in [3.05, 3.63) is 59.7 Å². The molecule has 0 saturated heterocycles. The van der Waals surface area contributed by atoms with Crippen LogP contribution in [0.25, 0.3) is 11.1 Å². The van der Waals surface area contributed by atoms with E-state index in [0.717, 1.165) is 11.3 Å². The summed E-state index contributed by atoms with van der Waals surface area (Å²) >= 11 is 0. The van der Waals surface area contributed by atoms with Crippen LogP contribution >= 0.6 is 0 Å². The third kappa shape index (κ3) is 2.59. The van der Waals surface area contributed by atoms with Gasteiger partial charge in [-0.1, -0.05) is 53.2 Å². The molecule has 0 fully saturated rings. The fourth-order valence-electron chi connectivity index (χ4n) is 2.01. The minimum absolute atomic E-state index is 0.889. The Morgan fingerprint density at radius 1 is 1.06 bits per heavy atom. The number of hydrogen-bond acceptors (Lipinski definition) is 2. The molecule has 0 atom stereocenters. The van der Waals surface area contributed by atoms with E-state index in [1.807, 2.05) is 25.1 Å². The first-order valence-electron chi connectivity index (χ1n) is 5.96. The third-order valence-corrected chi connectivity index (χ3v) is 2.88. The Bertz CT molecular complexity index is 559. The van der Waals surface area contributed by atoms with Crippen LogP contribution in [0.15, 0.2) is 53.7 Å². The van der Waals surface area contributed by atoms with Crippen molar-refractivity contribution in [2.24, 2.45) is 5.16 Å². The molecule has 0 bridgehead atoms. The molecule has 0 aliphatic carbocycles. The lowest BCUT2D eigenvalue weighted by Crippen LogP contribution is -1.99. The number of aryl methyl sites for hydroxylation is 1. The maximum Gasteiger partial charge on any atom is 0.106 e. The summed E-state index contributed by atoms with van der Waals surface area (Å²) in [7, 11) is 1.57. The van der Waals surface area contributed by atoms with Crippen LogP contribution in [0.2, 0.25) is 0 Å². The first-order valence-corrected chi connectivity index (χ1v) is 5.96. The van der Waals surface area contributed by atoms with E-state index in [1.165, 1.54) is 16.7 Å². The third-order valence-electron chi connectivity index (χ3n) is 2.88. The molecule has 0 aliphatic heterocycles. The second-order valence-electron chi connectivity index (χ2n) is 4.27. The Morgan fingerprint density at radius 2 is 1.78 bits per heavy atom. The van der Waals surface area contributed by atoms with Gasteiger partial charge in [-0.25, -0.2) is 0 Å².